The molecule has 4 heterocycles. The highest BCUT2D eigenvalue weighted by Gasteiger charge is 2.23. The zero-order valence-corrected chi connectivity index (χ0v) is 19.7. The number of thiophene rings is 1. The number of hydrogen-bond donors (Lipinski definition) is 2. The summed E-state index contributed by atoms with van der Waals surface area (Å²) < 4.78 is 5.34. The molecule has 2 aliphatic rings. The van der Waals surface area contributed by atoms with Gasteiger partial charge in [0.25, 0.3) is 11.8 Å². The summed E-state index contributed by atoms with van der Waals surface area (Å²) in [6.07, 6.45) is 2.72. The fourth-order valence-corrected chi connectivity index (χ4v) is 5.59. The Balaban J connectivity index is 1.31. The van der Waals surface area contributed by atoms with Gasteiger partial charge in [-0.25, -0.2) is 4.98 Å². The second-order valence-corrected chi connectivity index (χ2v) is 9.50. The Kier molecular flexibility index (Phi) is 6.25. The molecule has 4 N–H and O–H groups in total. The Hall–Kier alpha value is -3.37. The number of hydrogen-bond acceptors (Lipinski definition) is 8. The minimum absolute atomic E-state index is 0.0577. The number of amides is 2. The molecule has 10 heteroatoms. The number of pyridine rings is 1. The van der Waals surface area contributed by atoms with Crippen LogP contribution in [0.3, 0.4) is 0 Å². The van der Waals surface area contributed by atoms with Crippen molar-refractivity contribution in [2.45, 2.75) is 6.42 Å². The summed E-state index contributed by atoms with van der Waals surface area (Å²) in [7, 11) is 0. The van der Waals surface area contributed by atoms with E-state index in [1.165, 1.54) is 11.3 Å². The van der Waals surface area contributed by atoms with Crippen LogP contribution in [-0.4, -0.2) is 74.2 Å². The molecule has 2 aromatic heterocycles. The largest absolute Gasteiger partial charge is 0.397 e. The number of carbonyl (C=O) groups excluding carboxylic acids is 2. The van der Waals surface area contributed by atoms with E-state index in [-0.39, 0.29) is 5.91 Å². The predicted molar refractivity (Wildman–Crippen MR) is 135 cm³/mol. The fourth-order valence-electron chi connectivity index (χ4n) is 4.66. The molecule has 0 radical (unpaired) electrons. The van der Waals surface area contributed by atoms with Crippen LogP contribution in [0.4, 0.5) is 17.1 Å². The first-order valence-corrected chi connectivity index (χ1v) is 12.3. The van der Waals surface area contributed by atoms with Crippen molar-refractivity contribution in [3.05, 3.63) is 47.0 Å². The molecule has 9 nitrogen and oxygen atoms in total. The number of rotatable bonds is 4. The van der Waals surface area contributed by atoms with Crippen LogP contribution >= 0.6 is 11.3 Å². The number of anilines is 3. The number of nitrogens with zero attached hydrogens (tertiary/aromatic N) is 4. The van der Waals surface area contributed by atoms with Gasteiger partial charge in [-0.15, -0.1) is 11.3 Å². The van der Waals surface area contributed by atoms with Crippen LogP contribution in [0.1, 0.15) is 26.5 Å². The van der Waals surface area contributed by atoms with E-state index in [2.05, 4.69) is 14.8 Å². The first-order chi connectivity index (χ1) is 16.5. The molecule has 178 valence electrons. The van der Waals surface area contributed by atoms with Gasteiger partial charge in [-0.1, -0.05) is 0 Å². The summed E-state index contributed by atoms with van der Waals surface area (Å²) in [6.45, 7) is 5.87. The maximum absolute atomic E-state index is 12.7. The molecule has 0 spiro atoms. The van der Waals surface area contributed by atoms with Crippen molar-refractivity contribution in [3.63, 3.8) is 0 Å². The van der Waals surface area contributed by atoms with Crippen molar-refractivity contribution in [1.82, 2.24) is 9.88 Å². The Morgan fingerprint density at radius 3 is 2.38 bits per heavy atom. The Bertz CT molecular complexity index is 1210. The van der Waals surface area contributed by atoms with E-state index >= 15 is 0 Å². The maximum Gasteiger partial charge on any atom is 0.260 e. The highest BCUT2D eigenvalue weighted by Crippen LogP contribution is 2.38. The van der Waals surface area contributed by atoms with Gasteiger partial charge in [-0.2, -0.15) is 0 Å². The van der Waals surface area contributed by atoms with Gasteiger partial charge < -0.3 is 30.9 Å². The van der Waals surface area contributed by atoms with Gasteiger partial charge in [-0.3, -0.25) is 9.59 Å². The van der Waals surface area contributed by atoms with Crippen molar-refractivity contribution < 1.29 is 14.3 Å². The van der Waals surface area contributed by atoms with Gasteiger partial charge in [-0.05, 0) is 36.8 Å². The van der Waals surface area contributed by atoms with Gasteiger partial charge >= 0.3 is 0 Å². The Morgan fingerprint density at radius 1 is 0.941 bits per heavy atom. The molecule has 5 rings (SSSR count). The molecule has 2 saturated heterocycles. The number of nitrogens with two attached hydrogens (primary N) is 2. The zero-order chi connectivity index (χ0) is 23.7. The number of benzene rings is 1. The van der Waals surface area contributed by atoms with E-state index in [4.69, 9.17) is 16.2 Å². The number of primary amides is 1. The molecule has 0 aliphatic carbocycles. The summed E-state index contributed by atoms with van der Waals surface area (Å²) in [4.78, 5) is 36.5. The fraction of sp³-hybridized carbons (Fsp3) is 0.375. The summed E-state index contributed by atoms with van der Waals surface area (Å²) in [5, 5.41) is 0.806. The number of nitrogen functional groups attached to an aromatic ring is 1. The average Bonchev–Trinajstić information content (AvgIpc) is 3.04. The van der Waals surface area contributed by atoms with Gasteiger partial charge in [0.2, 0.25) is 0 Å². The molecule has 34 heavy (non-hydrogen) atoms. The maximum atomic E-state index is 12.7. The Labute approximate surface area is 201 Å². The lowest BCUT2D eigenvalue weighted by Crippen LogP contribution is -2.40. The van der Waals surface area contributed by atoms with Crippen LogP contribution in [0.25, 0.3) is 10.2 Å². The third-order valence-corrected chi connectivity index (χ3v) is 7.57. The second kappa shape index (κ2) is 9.47. The standard InChI is InChI=1S/C24H28N6O3S/c25-20-19-18(6-7-27-23(19)34-21(20)22(26)31)29-9-1-8-28(10-11-29)17-4-2-16(3-5-17)24(32)30-12-14-33-15-13-30/h2-7H,1,8-15,25H2,(H2,26,31). The van der Waals surface area contributed by atoms with Gasteiger partial charge in [0.1, 0.15) is 9.71 Å². The summed E-state index contributed by atoms with van der Waals surface area (Å²) in [5.74, 6) is -0.466. The highest BCUT2D eigenvalue weighted by molar-refractivity contribution is 7.21. The second-order valence-electron chi connectivity index (χ2n) is 8.50. The predicted octanol–water partition coefficient (Wildman–Crippen LogP) is 2.17. The lowest BCUT2D eigenvalue weighted by Gasteiger charge is -2.27. The topological polar surface area (TPSA) is 118 Å². The highest BCUT2D eigenvalue weighted by atomic mass is 32.1. The first-order valence-electron chi connectivity index (χ1n) is 11.5. The molecule has 2 aliphatic heterocycles. The molecule has 2 amide bonds. The van der Waals surface area contributed by atoms with Gasteiger partial charge in [0, 0.05) is 56.7 Å². The number of morpholine rings is 1. The number of carbonyl (C=O) groups is 2. The summed E-state index contributed by atoms with van der Waals surface area (Å²) >= 11 is 1.24. The average molecular weight is 481 g/mol. The van der Waals surface area contributed by atoms with E-state index in [1.54, 1.807) is 6.20 Å². The van der Waals surface area contributed by atoms with Crippen LogP contribution in [0.15, 0.2) is 36.5 Å². The van der Waals surface area contributed by atoms with E-state index in [0.717, 1.165) is 54.2 Å². The van der Waals surface area contributed by atoms with Crippen molar-refractivity contribution in [2.75, 3.05) is 68.0 Å². The van der Waals surface area contributed by atoms with Crippen LogP contribution in [-0.2, 0) is 4.74 Å². The van der Waals surface area contributed by atoms with E-state index in [1.807, 2.05) is 35.2 Å². The third-order valence-electron chi connectivity index (χ3n) is 6.44. The lowest BCUT2D eigenvalue weighted by molar-refractivity contribution is 0.0303. The third kappa shape index (κ3) is 4.26. The summed E-state index contributed by atoms with van der Waals surface area (Å²) in [5.41, 5.74) is 15.0. The minimum Gasteiger partial charge on any atom is -0.397 e. The normalized spacial score (nSPS) is 17.1. The molecule has 0 atom stereocenters. The van der Waals surface area contributed by atoms with Crippen molar-refractivity contribution in [1.29, 1.82) is 0 Å². The SMILES string of the molecule is NC(=O)c1sc2nccc(N3CCCN(c4ccc(C(=O)N5CCOCC5)cc4)CC3)c2c1N. The van der Waals surface area contributed by atoms with Crippen LogP contribution in [0.2, 0.25) is 0 Å². The molecular weight excluding hydrogens is 452 g/mol. The molecule has 3 aromatic rings. The molecular formula is C24H28N6O3S. The summed E-state index contributed by atoms with van der Waals surface area (Å²) in [6, 6.07) is 9.85. The lowest BCUT2D eigenvalue weighted by atomic mass is 10.1. The number of fused-ring (bicyclic) bond motifs is 1. The Morgan fingerprint density at radius 2 is 1.65 bits per heavy atom. The smallest absolute Gasteiger partial charge is 0.260 e. The van der Waals surface area contributed by atoms with Crippen molar-refractivity contribution in [2.24, 2.45) is 5.73 Å². The van der Waals surface area contributed by atoms with Crippen LogP contribution in [0.5, 0.6) is 0 Å². The van der Waals surface area contributed by atoms with Gasteiger partial charge in [0.05, 0.1) is 30.0 Å². The molecule has 0 unspecified atom stereocenters. The molecule has 0 bridgehead atoms. The van der Waals surface area contributed by atoms with Crippen LogP contribution < -0.4 is 21.3 Å². The number of ether oxygens (including phenoxy) is 1. The van der Waals surface area contributed by atoms with Gasteiger partial charge in [0.15, 0.2) is 0 Å². The van der Waals surface area contributed by atoms with E-state index < -0.39 is 5.91 Å². The first kappa shape index (κ1) is 22.4. The molecule has 1 aromatic carbocycles. The van der Waals surface area contributed by atoms with Crippen molar-refractivity contribution in [3.8, 4) is 0 Å². The zero-order valence-electron chi connectivity index (χ0n) is 18.9. The van der Waals surface area contributed by atoms with E-state index in [9.17, 15) is 9.59 Å². The van der Waals surface area contributed by atoms with Crippen LogP contribution in [0, 0.1) is 0 Å². The monoisotopic (exact) mass is 480 g/mol. The molecule has 0 saturated carbocycles. The molecule has 2 fully saturated rings. The number of aromatic nitrogens is 1. The van der Waals surface area contributed by atoms with E-state index in [0.29, 0.717) is 42.4 Å². The minimum atomic E-state index is -0.524. The van der Waals surface area contributed by atoms with Crippen molar-refractivity contribution >= 4 is 50.4 Å². The quantitative estimate of drug-likeness (QED) is 0.587.